The number of anilines is 1. The van der Waals surface area contributed by atoms with E-state index in [4.69, 9.17) is 10.6 Å². The Balaban J connectivity index is 1.29. The smallest absolute Gasteiger partial charge is 0.352 e. The number of allylic oxidation sites excluding steroid dienone is 1. The van der Waals surface area contributed by atoms with Gasteiger partial charge in [0.25, 0.3) is 11.8 Å². The normalized spacial score (nSPS) is 21.4. The van der Waals surface area contributed by atoms with Gasteiger partial charge in [0.05, 0.1) is 6.54 Å². The molecule has 5 rings (SSSR count). The number of aliphatic carboxylic acids is 1. The molecule has 2 amide bonds. The zero-order chi connectivity index (χ0) is 26.8. The second-order valence-corrected chi connectivity index (χ2v) is 12.1. The minimum atomic E-state index is -1.22. The summed E-state index contributed by atoms with van der Waals surface area (Å²) < 4.78 is 1.54. The number of nitrogens with two attached hydrogens (primary N) is 1. The van der Waals surface area contributed by atoms with Gasteiger partial charge in [-0.05, 0) is 16.0 Å². The molecule has 2 aromatic rings. The molecule has 200 valence electrons. The number of rotatable bonds is 11. The molecule has 0 saturated carbocycles. The maximum Gasteiger partial charge on any atom is 0.352 e. The highest BCUT2D eigenvalue weighted by atomic mass is 32.2. The van der Waals surface area contributed by atoms with Crippen molar-refractivity contribution in [3.05, 3.63) is 35.0 Å². The molecule has 18 heteroatoms. The van der Waals surface area contributed by atoms with E-state index in [9.17, 15) is 19.5 Å². The van der Waals surface area contributed by atoms with Gasteiger partial charge in [-0.1, -0.05) is 23.0 Å². The van der Waals surface area contributed by atoms with Crippen LogP contribution in [0.1, 0.15) is 5.69 Å². The van der Waals surface area contributed by atoms with Crippen LogP contribution in [-0.4, -0.2) is 99.2 Å². The van der Waals surface area contributed by atoms with Crippen molar-refractivity contribution in [2.24, 2.45) is 5.16 Å². The minimum Gasteiger partial charge on any atom is -0.477 e. The number of thioether (sulfide) groups is 3. The topological polar surface area (TPSA) is 191 Å². The lowest BCUT2D eigenvalue weighted by atomic mass is 10.0. The molecule has 2 saturated heterocycles. The molecule has 5 heterocycles. The van der Waals surface area contributed by atoms with Gasteiger partial charge in [-0.25, -0.2) is 14.5 Å². The molecule has 2 fully saturated rings. The van der Waals surface area contributed by atoms with Crippen LogP contribution in [0.25, 0.3) is 0 Å². The van der Waals surface area contributed by atoms with E-state index in [0.29, 0.717) is 23.0 Å². The summed E-state index contributed by atoms with van der Waals surface area (Å²) in [5, 5.41) is 29.8. The molecular formula is C20H21N9O5S4. The lowest BCUT2D eigenvalue weighted by Gasteiger charge is -2.49. The lowest BCUT2D eigenvalue weighted by Crippen LogP contribution is -2.71. The van der Waals surface area contributed by atoms with Gasteiger partial charge in [0.1, 0.15) is 28.9 Å². The van der Waals surface area contributed by atoms with Gasteiger partial charge >= 0.3 is 5.97 Å². The van der Waals surface area contributed by atoms with Crippen molar-refractivity contribution < 1.29 is 24.3 Å². The van der Waals surface area contributed by atoms with Crippen molar-refractivity contribution in [1.82, 2.24) is 35.4 Å². The second-order valence-electron chi connectivity index (χ2n) is 8.11. The molecule has 38 heavy (non-hydrogen) atoms. The summed E-state index contributed by atoms with van der Waals surface area (Å²) in [5.74, 6) is -0.247. The Morgan fingerprint density at radius 2 is 2.24 bits per heavy atom. The van der Waals surface area contributed by atoms with Crippen molar-refractivity contribution in [2.75, 3.05) is 28.7 Å². The van der Waals surface area contributed by atoms with Crippen molar-refractivity contribution in [2.45, 2.75) is 29.2 Å². The van der Waals surface area contributed by atoms with Crippen LogP contribution in [0.2, 0.25) is 0 Å². The number of carboxylic acid groups (broad SMARTS) is 1. The molecule has 0 radical (unpaired) electrons. The fraction of sp³-hybridized carbons (Fsp3) is 0.400. The number of β-lactam (4-membered cyclic amide) rings is 1. The van der Waals surface area contributed by atoms with E-state index in [1.54, 1.807) is 27.9 Å². The van der Waals surface area contributed by atoms with E-state index in [2.05, 4.69) is 37.6 Å². The van der Waals surface area contributed by atoms with Gasteiger partial charge in [-0.15, -0.1) is 34.8 Å². The summed E-state index contributed by atoms with van der Waals surface area (Å²) in [5.41, 5.74) is 6.34. The van der Waals surface area contributed by atoms with Crippen LogP contribution in [0.3, 0.4) is 0 Å². The SMILES string of the molecule is C=CCn1nnnc1SCC1=C(C(=O)O)N2C(=O)C(NC(=O)C(=NOC3CSC3)c3csc(N)n3)[C@@H]2SC1. The molecule has 0 aromatic carbocycles. The molecule has 2 atom stereocenters. The number of aromatic nitrogens is 5. The van der Waals surface area contributed by atoms with Gasteiger partial charge in [-0.2, -0.15) is 11.8 Å². The van der Waals surface area contributed by atoms with Crippen LogP contribution in [0.4, 0.5) is 5.13 Å². The van der Waals surface area contributed by atoms with Crippen LogP contribution in [-0.2, 0) is 25.8 Å². The van der Waals surface area contributed by atoms with E-state index >= 15 is 0 Å². The zero-order valence-electron chi connectivity index (χ0n) is 19.6. The Labute approximate surface area is 232 Å². The number of carbonyl (C=O) groups is 3. The fourth-order valence-corrected chi connectivity index (χ4v) is 7.16. The van der Waals surface area contributed by atoms with Crippen molar-refractivity contribution in [1.29, 1.82) is 0 Å². The highest BCUT2D eigenvalue weighted by molar-refractivity contribution is 8.01. The van der Waals surface area contributed by atoms with Gasteiger partial charge in [0, 0.05) is 28.4 Å². The van der Waals surface area contributed by atoms with Crippen molar-refractivity contribution in [3.8, 4) is 0 Å². The first-order valence-corrected chi connectivity index (χ1v) is 15.2. The maximum atomic E-state index is 13.2. The first kappa shape index (κ1) is 26.5. The average molecular weight is 596 g/mol. The number of nitrogen functional groups attached to an aromatic ring is 1. The molecule has 0 spiro atoms. The van der Waals surface area contributed by atoms with Crippen LogP contribution >= 0.6 is 46.6 Å². The number of oxime groups is 1. The number of carbonyl (C=O) groups excluding carboxylic acids is 2. The Kier molecular flexibility index (Phi) is 7.91. The summed E-state index contributed by atoms with van der Waals surface area (Å²) in [4.78, 5) is 49.2. The van der Waals surface area contributed by atoms with E-state index in [-0.39, 0.29) is 34.1 Å². The Morgan fingerprint density at radius 3 is 2.89 bits per heavy atom. The Hall–Kier alpha value is -3.09. The molecular weight excluding hydrogens is 575 g/mol. The van der Waals surface area contributed by atoms with Gasteiger partial charge < -0.3 is 21.0 Å². The largest absolute Gasteiger partial charge is 0.477 e. The van der Waals surface area contributed by atoms with Crippen molar-refractivity contribution in [3.63, 3.8) is 0 Å². The third-order valence-electron chi connectivity index (χ3n) is 5.59. The fourth-order valence-electron chi connectivity index (χ4n) is 3.70. The van der Waals surface area contributed by atoms with E-state index in [1.165, 1.54) is 28.4 Å². The highest BCUT2D eigenvalue weighted by Gasteiger charge is 2.54. The molecule has 3 aliphatic rings. The number of nitrogens with one attached hydrogen (secondary N) is 1. The predicted molar refractivity (Wildman–Crippen MR) is 144 cm³/mol. The number of tetrazole rings is 1. The van der Waals surface area contributed by atoms with E-state index < -0.39 is 29.2 Å². The third-order valence-corrected chi connectivity index (χ3v) is 9.87. The predicted octanol–water partition coefficient (Wildman–Crippen LogP) is 0.265. The monoisotopic (exact) mass is 595 g/mol. The number of nitrogens with zero attached hydrogens (tertiary/aromatic N) is 7. The minimum absolute atomic E-state index is 0.0912. The van der Waals surface area contributed by atoms with Gasteiger partial charge in [0.2, 0.25) is 5.16 Å². The number of fused-ring (bicyclic) bond motifs is 1. The number of amides is 2. The zero-order valence-corrected chi connectivity index (χ0v) is 22.8. The molecule has 2 aromatic heterocycles. The third kappa shape index (κ3) is 5.25. The second kappa shape index (κ2) is 11.3. The van der Waals surface area contributed by atoms with Gasteiger partial charge in [-0.3, -0.25) is 14.5 Å². The summed E-state index contributed by atoms with van der Waals surface area (Å²) in [7, 11) is 0. The summed E-state index contributed by atoms with van der Waals surface area (Å²) in [6, 6.07) is -0.934. The number of carboxylic acids is 1. The first-order valence-electron chi connectivity index (χ1n) is 11.1. The molecule has 4 N–H and O–H groups in total. The van der Waals surface area contributed by atoms with Crippen LogP contribution in [0, 0.1) is 0 Å². The molecule has 14 nitrogen and oxygen atoms in total. The molecule has 0 aliphatic carbocycles. The molecule has 1 unspecified atom stereocenters. The number of hydrogen-bond donors (Lipinski definition) is 3. The van der Waals surface area contributed by atoms with Crippen LogP contribution in [0.5, 0.6) is 0 Å². The standard InChI is InChI=1S/C20H21N9O5S4/c1-2-3-28-20(24-26-27-28)38-5-9-4-36-17-13(16(31)29(17)14(9)18(32)33)23-15(30)12(11-8-37-19(21)22-11)25-34-10-6-35-7-10/h2,8,10,13,17H,1,3-7H2,(H2,21,22)(H,23,30)(H,32,33)/t13?,17-/m0/s1. The van der Waals surface area contributed by atoms with Crippen molar-refractivity contribution >= 4 is 75.2 Å². The average Bonchev–Trinajstić information content (AvgIpc) is 3.50. The summed E-state index contributed by atoms with van der Waals surface area (Å²) in [6.07, 6.45) is 1.55. The van der Waals surface area contributed by atoms with E-state index in [0.717, 1.165) is 22.8 Å². The van der Waals surface area contributed by atoms with Crippen LogP contribution in [0.15, 0.2) is 39.6 Å². The highest BCUT2D eigenvalue weighted by Crippen LogP contribution is 2.41. The Bertz CT molecular complexity index is 1340. The summed E-state index contributed by atoms with van der Waals surface area (Å²) in [6.45, 7) is 4.07. The quantitative estimate of drug-likeness (QED) is 0.106. The van der Waals surface area contributed by atoms with Crippen LogP contribution < -0.4 is 11.1 Å². The Morgan fingerprint density at radius 1 is 1.42 bits per heavy atom. The molecule has 0 bridgehead atoms. The number of thiazole rings is 1. The van der Waals surface area contributed by atoms with Gasteiger partial charge in [0.15, 0.2) is 10.8 Å². The van der Waals surface area contributed by atoms with E-state index in [1.807, 2.05) is 0 Å². The molecule has 3 aliphatic heterocycles. The number of hydrogen-bond acceptors (Lipinski definition) is 14. The first-order chi connectivity index (χ1) is 18.4. The summed E-state index contributed by atoms with van der Waals surface area (Å²) >= 11 is 5.48. The maximum absolute atomic E-state index is 13.2. The lowest BCUT2D eigenvalue weighted by molar-refractivity contribution is -0.150.